The molecule has 0 aromatic heterocycles. The van der Waals surface area contributed by atoms with Gasteiger partial charge in [-0.1, -0.05) is 0 Å². The predicted molar refractivity (Wildman–Crippen MR) is 51.9 cm³/mol. The zero-order valence-corrected chi connectivity index (χ0v) is 8.72. The van der Waals surface area contributed by atoms with Crippen molar-refractivity contribution in [1.29, 1.82) is 0 Å². The van der Waals surface area contributed by atoms with Gasteiger partial charge in [-0.25, -0.2) is 0 Å². The molecule has 0 aromatic rings. The molecule has 1 amide bonds. The number of likely N-dealkylation sites (tertiary alicyclic amines) is 1. The third-order valence-electron chi connectivity index (χ3n) is 2.09. The summed E-state index contributed by atoms with van der Waals surface area (Å²) < 4.78 is 5.18. The van der Waals surface area contributed by atoms with E-state index in [0.29, 0.717) is 13.0 Å². The van der Waals surface area contributed by atoms with E-state index in [9.17, 15) is 4.79 Å². The number of ether oxygens (including phenoxy) is 1. The second kappa shape index (κ2) is 5.45. The summed E-state index contributed by atoms with van der Waals surface area (Å²) in [4.78, 5) is 13.1. The van der Waals surface area contributed by atoms with Crippen LogP contribution in [0.5, 0.6) is 0 Å². The number of carbonyl (C=O) groups excluding carboxylic acids is 1. The minimum absolute atomic E-state index is 0.0135. The molecule has 1 atom stereocenters. The number of nitrogens with zero attached hydrogens (tertiary/aromatic N) is 1. The van der Waals surface area contributed by atoms with Crippen molar-refractivity contribution in [3.8, 4) is 0 Å². The molecule has 1 unspecified atom stereocenters. The van der Waals surface area contributed by atoms with E-state index in [4.69, 9.17) is 16.3 Å². The first kappa shape index (κ1) is 10.8. The third-order valence-corrected chi connectivity index (χ3v) is 2.38. The van der Waals surface area contributed by atoms with Crippen molar-refractivity contribution in [2.75, 3.05) is 26.3 Å². The molecule has 0 spiro atoms. The molecule has 1 aliphatic rings. The summed E-state index contributed by atoms with van der Waals surface area (Å²) in [7, 11) is 0. The normalized spacial score (nSPS) is 22.8. The molecular weight excluding hydrogens is 190 g/mol. The molecule has 4 heteroatoms. The number of amides is 1. The highest BCUT2D eigenvalue weighted by Crippen LogP contribution is 2.16. The van der Waals surface area contributed by atoms with Gasteiger partial charge in [-0.2, -0.15) is 0 Å². The monoisotopic (exact) mass is 205 g/mol. The lowest BCUT2D eigenvalue weighted by molar-refractivity contribution is -0.127. The molecule has 0 bridgehead atoms. The number of halogens is 1. The molecule has 13 heavy (non-hydrogen) atoms. The number of hydrogen-bond acceptors (Lipinski definition) is 2. The minimum Gasteiger partial charge on any atom is -0.382 e. The highest BCUT2D eigenvalue weighted by molar-refractivity contribution is 6.22. The highest BCUT2D eigenvalue weighted by Gasteiger charge is 2.27. The fourth-order valence-corrected chi connectivity index (χ4v) is 1.74. The minimum atomic E-state index is 0.0135. The molecule has 1 saturated heterocycles. The van der Waals surface area contributed by atoms with Crippen LogP contribution < -0.4 is 0 Å². The van der Waals surface area contributed by atoms with Gasteiger partial charge in [-0.05, 0) is 13.3 Å². The Morgan fingerprint density at radius 2 is 2.46 bits per heavy atom. The highest BCUT2D eigenvalue weighted by atomic mass is 35.5. The number of hydrogen-bond donors (Lipinski definition) is 0. The average Bonchev–Trinajstić information content (AvgIpc) is 2.39. The molecule has 0 radical (unpaired) electrons. The molecule has 0 aromatic carbocycles. The summed E-state index contributed by atoms with van der Waals surface area (Å²) in [6.45, 7) is 4.92. The van der Waals surface area contributed by atoms with Gasteiger partial charge in [0.05, 0.1) is 5.38 Å². The van der Waals surface area contributed by atoms with Crippen molar-refractivity contribution in [3.63, 3.8) is 0 Å². The van der Waals surface area contributed by atoms with E-state index in [1.54, 1.807) is 0 Å². The SMILES string of the molecule is CCOCCCN1CC(Cl)CC1=O. The first-order valence-corrected chi connectivity index (χ1v) is 5.17. The maximum Gasteiger partial charge on any atom is 0.224 e. The van der Waals surface area contributed by atoms with E-state index in [-0.39, 0.29) is 11.3 Å². The Balaban J connectivity index is 2.11. The first-order chi connectivity index (χ1) is 6.24. The summed E-state index contributed by atoms with van der Waals surface area (Å²) in [6.07, 6.45) is 1.40. The quantitative estimate of drug-likeness (QED) is 0.500. The Hall–Kier alpha value is -0.280. The van der Waals surface area contributed by atoms with Crippen LogP contribution in [0, 0.1) is 0 Å². The van der Waals surface area contributed by atoms with E-state index in [1.807, 2.05) is 11.8 Å². The summed E-state index contributed by atoms with van der Waals surface area (Å²) >= 11 is 5.85. The smallest absolute Gasteiger partial charge is 0.224 e. The van der Waals surface area contributed by atoms with Crippen LogP contribution in [0.4, 0.5) is 0 Å². The molecule has 0 saturated carbocycles. The van der Waals surface area contributed by atoms with Crippen LogP contribution in [-0.4, -0.2) is 42.5 Å². The Morgan fingerprint density at radius 1 is 1.69 bits per heavy atom. The van der Waals surface area contributed by atoms with Crippen LogP contribution in [0.1, 0.15) is 19.8 Å². The van der Waals surface area contributed by atoms with Crippen LogP contribution >= 0.6 is 11.6 Å². The van der Waals surface area contributed by atoms with E-state index >= 15 is 0 Å². The van der Waals surface area contributed by atoms with Crippen molar-refractivity contribution >= 4 is 17.5 Å². The zero-order valence-electron chi connectivity index (χ0n) is 7.96. The van der Waals surface area contributed by atoms with Crippen molar-refractivity contribution < 1.29 is 9.53 Å². The predicted octanol–water partition coefficient (Wildman–Crippen LogP) is 1.25. The van der Waals surface area contributed by atoms with Gasteiger partial charge in [-0.15, -0.1) is 11.6 Å². The van der Waals surface area contributed by atoms with Gasteiger partial charge in [0.15, 0.2) is 0 Å². The van der Waals surface area contributed by atoms with Crippen molar-refractivity contribution in [2.24, 2.45) is 0 Å². The van der Waals surface area contributed by atoms with Gasteiger partial charge in [0.2, 0.25) is 5.91 Å². The van der Waals surface area contributed by atoms with Crippen molar-refractivity contribution in [1.82, 2.24) is 4.90 Å². The maximum atomic E-state index is 11.2. The topological polar surface area (TPSA) is 29.5 Å². The van der Waals surface area contributed by atoms with Crippen molar-refractivity contribution in [3.05, 3.63) is 0 Å². The van der Waals surface area contributed by atoms with Crippen molar-refractivity contribution in [2.45, 2.75) is 25.1 Å². The summed E-state index contributed by atoms with van der Waals surface area (Å²) in [5.41, 5.74) is 0. The Labute approximate surface area is 84.0 Å². The summed E-state index contributed by atoms with van der Waals surface area (Å²) in [6, 6.07) is 0. The van der Waals surface area contributed by atoms with E-state index in [0.717, 1.165) is 26.2 Å². The van der Waals surface area contributed by atoms with Crippen LogP contribution in [0.25, 0.3) is 0 Å². The molecule has 3 nitrogen and oxygen atoms in total. The second-order valence-electron chi connectivity index (χ2n) is 3.19. The molecule has 1 heterocycles. The molecule has 1 rings (SSSR count). The van der Waals surface area contributed by atoms with Crippen LogP contribution in [0.2, 0.25) is 0 Å². The fraction of sp³-hybridized carbons (Fsp3) is 0.889. The summed E-state index contributed by atoms with van der Waals surface area (Å²) in [5.74, 6) is 0.177. The van der Waals surface area contributed by atoms with E-state index in [1.165, 1.54) is 0 Å². The van der Waals surface area contributed by atoms with E-state index in [2.05, 4.69) is 0 Å². The Kier molecular flexibility index (Phi) is 4.53. The van der Waals surface area contributed by atoms with Gasteiger partial charge in [0.25, 0.3) is 0 Å². The lowest BCUT2D eigenvalue weighted by Crippen LogP contribution is -2.27. The van der Waals surface area contributed by atoms with Gasteiger partial charge < -0.3 is 9.64 Å². The fourth-order valence-electron chi connectivity index (χ4n) is 1.44. The van der Waals surface area contributed by atoms with Gasteiger partial charge in [0, 0.05) is 32.7 Å². The Morgan fingerprint density at radius 3 is 3.00 bits per heavy atom. The van der Waals surface area contributed by atoms with Crippen LogP contribution in [0.15, 0.2) is 0 Å². The van der Waals surface area contributed by atoms with E-state index < -0.39 is 0 Å². The van der Waals surface area contributed by atoms with Gasteiger partial charge >= 0.3 is 0 Å². The lowest BCUT2D eigenvalue weighted by atomic mass is 10.4. The maximum absolute atomic E-state index is 11.2. The largest absolute Gasteiger partial charge is 0.382 e. The molecule has 1 aliphatic heterocycles. The molecular formula is C9H16ClNO2. The van der Waals surface area contributed by atoms with Crippen LogP contribution in [-0.2, 0) is 9.53 Å². The zero-order chi connectivity index (χ0) is 9.68. The van der Waals surface area contributed by atoms with Gasteiger partial charge in [0.1, 0.15) is 0 Å². The third kappa shape index (κ3) is 3.53. The van der Waals surface area contributed by atoms with Crippen LogP contribution in [0.3, 0.4) is 0 Å². The molecule has 1 fully saturated rings. The lowest BCUT2D eigenvalue weighted by Gasteiger charge is -2.14. The first-order valence-electron chi connectivity index (χ1n) is 4.73. The number of carbonyl (C=O) groups is 1. The molecule has 0 aliphatic carbocycles. The average molecular weight is 206 g/mol. The molecule has 76 valence electrons. The number of alkyl halides is 1. The summed E-state index contributed by atoms with van der Waals surface area (Å²) in [5, 5.41) is 0.0135. The standard InChI is InChI=1S/C9H16ClNO2/c1-2-13-5-3-4-11-7-8(10)6-9(11)12/h8H,2-7H2,1H3. The molecule has 0 N–H and O–H groups in total. The second-order valence-corrected chi connectivity index (χ2v) is 3.81. The van der Waals surface area contributed by atoms with Gasteiger partial charge in [-0.3, -0.25) is 4.79 Å². The Bertz CT molecular complexity index is 175. The number of rotatable bonds is 5.